The summed E-state index contributed by atoms with van der Waals surface area (Å²) < 4.78 is 23.6. The van der Waals surface area contributed by atoms with Crippen molar-refractivity contribution in [3.05, 3.63) is 59.9 Å². The number of ether oxygens (including phenoxy) is 2. The molecular formula is C21H27FN2O3. The van der Waals surface area contributed by atoms with Crippen molar-refractivity contribution in [3.63, 3.8) is 0 Å². The lowest BCUT2D eigenvalue weighted by Gasteiger charge is -2.23. The molecule has 146 valence electrons. The number of hydrogen-bond donors (Lipinski definition) is 1. The van der Waals surface area contributed by atoms with Crippen molar-refractivity contribution in [1.29, 1.82) is 0 Å². The van der Waals surface area contributed by atoms with Crippen molar-refractivity contribution in [2.24, 2.45) is 0 Å². The van der Waals surface area contributed by atoms with Gasteiger partial charge in [0.15, 0.2) is 0 Å². The minimum Gasteiger partial charge on any atom is -0.497 e. The van der Waals surface area contributed by atoms with Crippen molar-refractivity contribution >= 4 is 5.91 Å². The van der Waals surface area contributed by atoms with Crippen molar-refractivity contribution in [1.82, 2.24) is 10.2 Å². The van der Waals surface area contributed by atoms with E-state index in [-0.39, 0.29) is 17.8 Å². The first-order valence-corrected chi connectivity index (χ1v) is 8.99. The maximum absolute atomic E-state index is 12.9. The van der Waals surface area contributed by atoms with Crippen LogP contribution >= 0.6 is 0 Å². The van der Waals surface area contributed by atoms with E-state index < -0.39 is 0 Å². The average molecular weight is 374 g/mol. The van der Waals surface area contributed by atoms with Crippen molar-refractivity contribution < 1.29 is 18.7 Å². The third kappa shape index (κ3) is 6.90. The zero-order chi connectivity index (χ0) is 19.6. The van der Waals surface area contributed by atoms with Crippen LogP contribution in [0.2, 0.25) is 0 Å². The molecule has 0 saturated heterocycles. The Morgan fingerprint density at radius 1 is 1.11 bits per heavy atom. The zero-order valence-electron chi connectivity index (χ0n) is 16.1. The van der Waals surface area contributed by atoms with Crippen molar-refractivity contribution in [2.75, 3.05) is 33.9 Å². The highest BCUT2D eigenvalue weighted by atomic mass is 19.1. The number of carbonyl (C=O) groups excluding carboxylic acids is 1. The maximum Gasteiger partial charge on any atom is 0.237 e. The molecule has 1 atom stereocenters. The molecule has 1 unspecified atom stereocenters. The van der Waals surface area contributed by atoms with Gasteiger partial charge in [0.1, 0.15) is 23.9 Å². The van der Waals surface area contributed by atoms with Gasteiger partial charge in [-0.2, -0.15) is 0 Å². The zero-order valence-corrected chi connectivity index (χ0v) is 16.1. The molecule has 1 N–H and O–H groups in total. The molecule has 2 aromatic rings. The molecule has 2 aromatic carbocycles. The average Bonchev–Trinajstić information content (AvgIpc) is 2.69. The highest BCUT2D eigenvalue weighted by Gasteiger charge is 2.17. The number of benzene rings is 2. The third-order valence-corrected chi connectivity index (χ3v) is 4.44. The third-order valence-electron chi connectivity index (χ3n) is 4.44. The van der Waals surface area contributed by atoms with E-state index in [1.54, 1.807) is 19.2 Å². The largest absolute Gasteiger partial charge is 0.497 e. The summed E-state index contributed by atoms with van der Waals surface area (Å²) in [5.74, 6) is 1.12. The molecular weight excluding hydrogens is 347 g/mol. The summed E-state index contributed by atoms with van der Waals surface area (Å²) in [6.07, 6.45) is 0.764. The van der Waals surface area contributed by atoms with Gasteiger partial charge in [0.05, 0.1) is 13.2 Å². The Kier molecular flexibility index (Phi) is 8.07. The summed E-state index contributed by atoms with van der Waals surface area (Å²) in [7, 11) is 3.51. The van der Waals surface area contributed by atoms with E-state index in [1.807, 2.05) is 43.1 Å². The Hall–Kier alpha value is -2.60. The monoisotopic (exact) mass is 374 g/mol. The second kappa shape index (κ2) is 10.5. The van der Waals surface area contributed by atoms with Gasteiger partial charge in [-0.3, -0.25) is 9.69 Å². The smallest absolute Gasteiger partial charge is 0.237 e. The Bertz CT molecular complexity index is 704. The maximum atomic E-state index is 12.9. The SMILES string of the molecule is COc1ccc(CCNC(=O)C(C)N(C)CCOc2ccc(F)cc2)cc1. The highest BCUT2D eigenvalue weighted by Crippen LogP contribution is 2.12. The van der Waals surface area contributed by atoms with Crippen LogP contribution in [0.3, 0.4) is 0 Å². The van der Waals surface area contributed by atoms with Crippen LogP contribution in [0.4, 0.5) is 4.39 Å². The number of nitrogens with zero attached hydrogens (tertiary/aromatic N) is 1. The first-order valence-electron chi connectivity index (χ1n) is 8.99. The van der Waals surface area contributed by atoms with Gasteiger partial charge in [-0.25, -0.2) is 4.39 Å². The molecule has 0 fully saturated rings. The van der Waals surface area contributed by atoms with Crippen LogP contribution in [0.5, 0.6) is 11.5 Å². The van der Waals surface area contributed by atoms with E-state index in [0.717, 1.165) is 17.7 Å². The van der Waals surface area contributed by atoms with Gasteiger partial charge in [-0.1, -0.05) is 12.1 Å². The number of likely N-dealkylation sites (N-methyl/N-ethyl adjacent to an activating group) is 1. The van der Waals surface area contributed by atoms with Crippen LogP contribution in [0.15, 0.2) is 48.5 Å². The number of nitrogens with one attached hydrogen (secondary N) is 1. The molecule has 0 heterocycles. The van der Waals surface area contributed by atoms with Crippen LogP contribution in [-0.2, 0) is 11.2 Å². The summed E-state index contributed by atoms with van der Waals surface area (Å²) in [6.45, 7) is 3.45. The number of halogens is 1. The molecule has 2 rings (SSSR count). The van der Waals surface area contributed by atoms with Crippen LogP contribution in [0.25, 0.3) is 0 Å². The Morgan fingerprint density at radius 2 is 1.74 bits per heavy atom. The Labute approximate surface area is 160 Å². The molecule has 0 aromatic heterocycles. The topological polar surface area (TPSA) is 50.8 Å². The van der Waals surface area contributed by atoms with Gasteiger partial charge in [-0.15, -0.1) is 0 Å². The molecule has 0 spiro atoms. The van der Waals surface area contributed by atoms with E-state index in [1.165, 1.54) is 12.1 Å². The predicted molar refractivity (Wildman–Crippen MR) is 104 cm³/mol. The second-order valence-corrected chi connectivity index (χ2v) is 6.35. The van der Waals surface area contributed by atoms with E-state index in [9.17, 15) is 9.18 Å². The van der Waals surface area contributed by atoms with Crippen molar-refractivity contribution in [2.45, 2.75) is 19.4 Å². The van der Waals surface area contributed by atoms with E-state index in [4.69, 9.17) is 9.47 Å². The summed E-state index contributed by atoms with van der Waals surface area (Å²) in [5.41, 5.74) is 1.14. The highest BCUT2D eigenvalue weighted by molar-refractivity contribution is 5.81. The van der Waals surface area contributed by atoms with Gasteiger partial charge in [0.2, 0.25) is 5.91 Å². The molecule has 0 saturated carbocycles. The number of methoxy groups -OCH3 is 1. The normalized spacial score (nSPS) is 11.9. The van der Waals surface area contributed by atoms with Gasteiger partial charge in [0.25, 0.3) is 0 Å². The molecule has 0 aliphatic heterocycles. The molecule has 5 nitrogen and oxygen atoms in total. The molecule has 6 heteroatoms. The van der Waals surface area contributed by atoms with Gasteiger partial charge < -0.3 is 14.8 Å². The van der Waals surface area contributed by atoms with Crippen LogP contribution < -0.4 is 14.8 Å². The summed E-state index contributed by atoms with van der Waals surface area (Å²) in [6, 6.07) is 13.4. The Morgan fingerprint density at radius 3 is 2.37 bits per heavy atom. The summed E-state index contributed by atoms with van der Waals surface area (Å²) >= 11 is 0. The fourth-order valence-corrected chi connectivity index (χ4v) is 2.50. The van der Waals surface area contributed by atoms with Gasteiger partial charge in [0, 0.05) is 13.1 Å². The minimum absolute atomic E-state index is 0.0206. The van der Waals surface area contributed by atoms with E-state index in [2.05, 4.69) is 5.32 Å². The number of amides is 1. The molecule has 0 aliphatic carbocycles. The second-order valence-electron chi connectivity index (χ2n) is 6.35. The first kappa shape index (κ1) is 20.7. The summed E-state index contributed by atoms with van der Waals surface area (Å²) in [5, 5.41) is 2.96. The van der Waals surface area contributed by atoms with E-state index >= 15 is 0 Å². The fourth-order valence-electron chi connectivity index (χ4n) is 2.50. The lowest BCUT2D eigenvalue weighted by Crippen LogP contribution is -2.45. The summed E-state index contributed by atoms with van der Waals surface area (Å²) in [4.78, 5) is 14.2. The minimum atomic E-state index is -0.292. The predicted octanol–water partition coefficient (Wildman–Crippen LogP) is 2.89. The molecule has 0 radical (unpaired) electrons. The van der Waals surface area contributed by atoms with Crippen molar-refractivity contribution in [3.8, 4) is 11.5 Å². The van der Waals surface area contributed by atoms with E-state index in [0.29, 0.717) is 25.4 Å². The van der Waals surface area contributed by atoms with Crippen LogP contribution in [-0.4, -0.2) is 50.7 Å². The Balaban J connectivity index is 1.67. The number of carbonyl (C=O) groups is 1. The quantitative estimate of drug-likeness (QED) is 0.695. The lowest BCUT2D eigenvalue weighted by molar-refractivity contribution is -0.125. The standard InChI is InChI=1S/C21H27FN2O3/c1-16(24(2)14-15-27-20-10-6-18(22)7-11-20)21(25)23-13-12-17-4-8-19(26-3)9-5-17/h4-11,16H,12-15H2,1-3H3,(H,23,25). The lowest BCUT2D eigenvalue weighted by atomic mass is 10.1. The van der Waals surface area contributed by atoms with Gasteiger partial charge in [-0.05, 0) is 62.4 Å². The van der Waals surface area contributed by atoms with Gasteiger partial charge >= 0.3 is 0 Å². The van der Waals surface area contributed by atoms with Crippen LogP contribution in [0.1, 0.15) is 12.5 Å². The molecule has 0 bridgehead atoms. The fraction of sp³-hybridized carbons (Fsp3) is 0.381. The molecule has 0 aliphatic rings. The number of hydrogen-bond acceptors (Lipinski definition) is 4. The molecule has 1 amide bonds. The molecule has 27 heavy (non-hydrogen) atoms. The van der Waals surface area contributed by atoms with Crippen LogP contribution in [0, 0.1) is 5.82 Å². The first-order chi connectivity index (χ1) is 13.0. The number of rotatable bonds is 10.